The molecule has 2 saturated heterocycles. The summed E-state index contributed by atoms with van der Waals surface area (Å²) in [5.74, 6) is -0.0818. The van der Waals surface area contributed by atoms with Gasteiger partial charge in [0.05, 0.1) is 5.92 Å². The van der Waals surface area contributed by atoms with Crippen LogP contribution in [0.3, 0.4) is 0 Å². The van der Waals surface area contributed by atoms with Crippen molar-refractivity contribution in [3.05, 3.63) is 95.8 Å². The van der Waals surface area contributed by atoms with Crippen LogP contribution in [0.1, 0.15) is 50.2 Å². The second-order valence-electron chi connectivity index (χ2n) is 11.7. The highest BCUT2D eigenvalue weighted by atomic mass is 19.1. The Balaban J connectivity index is 1.20. The smallest absolute Gasteiger partial charge is 0.230 e. The molecule has 0 aliphatic carbocycles. The Hall–Kier alpha value is -3.51. The lowest BCUT2D eigenvalue weighted by molar-refractivity contribution is -0.141. The average molecular weight is 556 g/mol. The Bertz CT molecular complexity index is 1290. The predicted octanol–water partition coefficient (Wildman–Crippen LogP) is 6.00. The Labute approximate surface area is 244 Å². The van der Waals surface area contributed by atoms with Crippen molar-refractivity contribution in [2.75, 3.05) is 39.3 Å². The summed E-state index contributed by atoms with van der Waals surface area (Å²) in [6, 6.07) is 25.5. The van der Waals surface area contributed by atoms with Gasteiger partial charge in [0.25, 0.3) is 0 Å². The summed E-state index contributed by atoms with van der Waals surface area (Å²) in [4.78, 5) is 33.5. The number of carbonyl (C=O) groups excluding carboxylic acids is 2. The van der Waals surface area contributed by atoms with E-state index in [1.165, 1.54) is 23.3 Å². The van der Waals surface area contributed by atoms with Gasteiger partial charge in [-0.1, -0.05) is 66.7 Å². The molecule has 0 spiro atoms. The molecule has 216 valence electrons. The van der Waals surface area contributed by atoms with E-state index < -0.39 is 0 Å². The van der Waals surface area contributed by atoms with Crippen molar-refractivity contribution in [3.63, 3.8) is 0 Å². The number of likely N-dealkylation sites (tertiary alicyclic amines) is 1. The van der Waals surface area contributed by atoms with E-state index in [9.17, 15) is 14.0 Å². The molecule has 0 radical (unpaired) electrons. The number of nitrogens with zero attached hydrogens (tertiary/aromatic N) is 3. The number of carbonyl (C=O) groups is 2. The highest BCUT2D eigenvalue weighted by molar-refractivity contribution is 5.85. The number of amides is 2. The first-order valence-electron chi connectivity index (χ1n) is 15.1. The zero-order valence-corrected chi connectivity index (χ0v) is 24.3. The molecule has 1 unspecified atom stereocenters. The van der Waals surface area contributed by atoms with Crippen molar-refractivity contribution in [2.45, 2.75) is 51.5 Å². The van der Waals surface area contributed by atoms with Crippen molar-refractivity contribution in [1.29, 1.82) is 0 Å². The minimum atomic E-state index is -0.284. The minimum absolute atomic E-state index is 0.114. The van der Waals surface area contributed by atoms with Crippen LogP contribution in [0.2, 0.25) is 0 Å². The fourth-order valence-corrected chi connectivity index (χ4v) is 6.47. The third kappa shape index (κ3) is 7.05. The van der Waals surface area contributed by atoms with Gasteiger partial charge in [-0.15, -0.1) is 0 Å². The third-order valence-corrected chi connectivity index (χ3v) is 8.93. The number of hydrogen-bond donors (Lipinski definition) is 0. The first-order valence-corrected chi connectivity index (χ1v) is 15.1. The maximum atomic E-state index is 14.0. The van der Waals surface area contributed by atoms with Gasteiger partial charge in [0.15, 0.2) is 0 Å². The highest BCUT2D eigenvalue weighted by Gasteiger charge is 2.37. The van der Waals surface area contributed by atoms with E-state index in [4.69, 9.17) is 0 Å². The highest BCUT2D eigenvalue weighted by Crippen LogP contribution is 2.35. The first kappa shape index (κ1) is 29.0. The van der Waals surface area contributed by atoms with Gasteiger partial charge < -0.3 is 14.7 Å². The molecule has 41 heavy (non-hydrogen) atoms. The molecule has 0 aromatic heterocycles. The zero-order valence-electron chi connectivity index (χ0n) is 24.3. The maximum absolute atomic E-state index is 14.0. The number of piperidine rings is 1. The zero-order chi connectivity index (χ0) is 28.8. The van der Waals surface area contributed by atoms with Crippen LogP contribution >= 0.6 is 0 Å². The summed E-state index contributed by atoms with van der Waals surface area (Å²) in [6.07, 6.45) is 3.04. The van der Waals surface area contributed by atoms with Gasteiger partial charge in [-0.3, -0.25) is 9.59 Å². The molecular weight excluding hydrogens is 513 g/mol. The molecule has 6 heteroatoms. The van der Waals surface area contributed by atoms with Crippen LogP contribution < -0.4 is 0 Å². The van der Waals surface area contributed by atoms with Crippen molar-refractivity contribution in [3.8, 4) is 11.1 Å². The molecule has 2 fully saturated rings. The molecule has 2 amide bonds. The van der Waals surface area contributed by atoms with Crippen LogP contribution in [0.25, 0.3) is 11.1 Å². The SMILES string of the molecule is CC(C)N1CCC(C(C(=O)N2CCN(C(=O)CCc3ccccc3-c3ccccc3)CC2)c2ccc(F)cc2)CC1. The van der Waals surface area contributed by atoms with Gasteiger partial charge in [-0.05, 0) is 86.5 Å². The summed E-state index contributed by atoms with van der Waals surface area (Å²) in [5, 5.41) is 0. The summed E-state index contributed by atoms with van der Waals surface area (Å²) < 4.78 is 13.7. The van der Waals surface area contributed by atoms with E-state index in [1.807, 2.05) is 40.1 Å². The predicted molar refractivity (Wildman–Crippen MR) is 162 cm³/mol. The normalized spacial score (nSPS) is 17.6. The van der Waals surface area contributed by atoms with Gasteiger partial charge in [-0.2, -0.15) is 0 Å². The van der Waals surface area contributed by atoms with Gasteiger partial charge in [0, 0.05) is 38.6 Å². The van der Waals surface area contributed by atoms with Gasteiger partial charge >= 0.3 is 0 Å². The van der Waals surface area contributed by atoms with Gasteiger partial charge in [-0.25, -0.2) is 4.39 Å². The number of hydrogen-bond acceptors (Lipinski definition) is 3. The molecule has 3 aromatic carbocycles. The minimum Gasteiger partial charge on any atom is -0.339 e. The van der Waals surface area contributed by atoms with Crippen molar-refractivity contribution in [2.24, 2.45) is 5.92 Å². The van der Waals surface area contributed by atoms with Crippen LogP contribution in [-0.4, -0.2) is 71.8 Å². The molecule has 0 saturated carbocycles. The van der Waals surface area contributed by atoms with E-state index >= 15 is 0 Å². The molecule has 2 aliphatic rings. The van der Waals surface area contributed by atoms with E-state index in [-0.39, 0.29) is 29.5 Å². The number of aryl methyl sites for hydroxylation is 1. The fraction of sp³-hybridized carbons (Fsp3) is 0.429. The summed E-state index contributed by atoms with van der Waals surface area (Å²) >= 11 is 0. The van der Waals surface area contributed by atoms with Crippen LogP contribution in [0.5, 0.6) is 0 Å². The third-order valence-electron chi connectivity index (χ3n) is 8.93. The number of piperazine rings is 1. The summed E-state index contributed by atoms with van der Waals surface area (Å²) in [5.41, 5.74) is 4.40. The van der Waals surface area contributed by atoms with Crippen LogP contribution in [-0.2, 0) is 16.0 Å². The maximum Gasteiger partial charge on any atom is 0.230 e. The second kappa shape index (κ2) is 13.4. The standard InChI is InChI=1S/C35H42FN3O2/c1-26(2)37-20-18-30(19-21-37)34(29-12-15-31(36)16-13-29)35(41)39-24-22-38(23-25-39)33(40)17-14-28-10-6-7-11-32(28)27-8-4-3-5-9-27/h3-13,15-16,26,30,34H,14,17-25H2,1-2H3. The van der Waals surface area contributed by atoms with Crippen LogP contribution in [0.4, 0.5) is 4.39 Å². The Morgan fingerprint density at radius 3 is 2.05 bits per heavy atom. The Morgan fingerprint density at radius 2 is 1.39 bits per heavy atom. The Kier molecular flexibility index (Phi) is 9.50. The molecule has 0 bridgehead atoms. The van der Waals surface area contributed by atoms with Gasteiger partial charge in [0.1, 0.15) is 5.82 Å². The molecular formula is C35H42FN3O2. The van der Waals surface area contributed by atoms with Crippen molar-refractivity contribution in [1.82, 2.24) is 14.7 Å². The fourth-order valence-electron chi connectivity index (χ4n) is 6.47. The number of halogens is 1. The Morgan fingerprint density at radius 1 is 0.780 bits per heavy atom. The molecule has 2 heterocycles. The molecule has 0 N–H and O–H groups in total. The lowest BCUT2D eigenvalue weighted by Gasteiger charge is -2.41. The van der Waals surface area contributed by atoms with Gasteiger partial charge in [0.2, 0.25) is 11.8 Å². The lowest BCUT2D eigenvalue weighted by Crippen LogP contribution is -2.52. The number of benzene rings is 3. The van der Waals surface area contributed by atoms with E-state index in [0.717, 1.165) is 37.1 Å². The van der Waals surface area contributed by atoms with E-state index in [2.05, 4.69) is 43.0 Å². The topological polar surface area (TPSA) is 43.9 Å². The first-order chi connectivity index (χ1) is 19.9. The quantitative estimate of drug-likeness (QED) is 0.343. The molecule has 5 rings (SSSR count). The van der Waals surface area contributed by atoms with Crippen LogP contribution in [0.15, 0.2) is 78.9 Å². The van der Waals surface area contributed by atoms with E-state index in [1.54, 1.807) is 12.1 Å². The van der Waals surface area contributed by atoms with Crippen LogP contribution in [0, 0.1) is 11.7 Å². The van der Waals surface area contributed by atoms with E-state index in [0.29, 0.717) is 45.1 Å². The molecule has 5 nitrogen and oxygen atoms in total. The van der Waals surface area contributed by atoms with Crippen molar-refractivity contribution < 1.29 is 14.0 Å². The number of rotatable bonds is 8. The monoisotopic (exact) mass is 555 g/mol. The lowest BCUT2D eigenvalue weighted by atomic mass is 9.78. The molecule has 3 aromatic rings. The summed E-state index contributed by atoms with van der Waals surface area (Å²) in [7, 11) is 0. The average Bonchev–Trinajstić information content (AvgIpc) is 3.02. The molecule has 1 atom stereocenters. The summed E-state index contributed by atoms with van der Waals surface area (Å²) in [6.45, 7) is 8.55. The largest absolute Gasteiger partial charge is 0.339 e. The van der Waals surface area contributed by atoms with Crippen molar-refractivity contribution >= 4 is 11.8 Å². The molecule has 2 aliphatic heterocycles. The second-order valence-corrected chi connectivity index (χ2v) is 11.7.